The Morgan fingerprint density at radius 1 is 1.42 bits per heavy atom. The SMILES string of the molecule is Cc1ccsc1CN(C)C(=O)c1cc(N)ccc1Cl. The Morgan fingerprint density at radius 3 is 2.79 bits per heavy atom. The summed E-state index contributed by atoms with van der Waals surface area (Å²) in [7, 11) is 1.76. The minimum atomic E-state index is -0.120. The molecule has 2 rings (SSSR count). The second-order valence-electron chi connectivity index (χ2n) is 4.43. The highest BCUT2D eigenvalue weighted by Gasteiger charge is 2.16. The lowest BCUT2D eigenvalue weighted by Gasteiger charge is -2.18. The maximum absolute atomic E-state index is 12.3. The molecule has 0 radical (unpaired) electrons. The molecule has 1 aromatic heterocycles. The van der Waals surface area contributed by atoms with Gasteiger partial charge in [-0.05, 0) is 42.1 Å². The fourth-order valence-corrected chi connectivity index (χ4v) is 2.92. The third-order valence-electron chi connectivity index (χ3n) is 2.92. The molecule has 0 unspecified atom stereocenters. The van der Waals surface area contributed by atoms with Crippen molar-refractivity contribution in [3.05, 3.63) is 50.7 Å². The van der Waals surface area contributed by atoms with Crippen molar-refractivity contribution in [3.63, 3.8) is 0 Å². The summed E-state index contributed by atoms with van der Waals surface area (Å²) in [5.74, 6) is -0.120. The van der Waals surface area contributed by atoms with Gasteiger partial charge < -0.3 is 10.6 Å². The lowest BCUT2D eigenvalue weighted by atomic mass is 10.1. The number of carbonyl (C=O) groups is 1. The van der Waals surface area contributed by atoms with Gasteiger partial charge in [-0.1, -0.05) is 11.6 Å². The number of aryl methyl sites for hydroxylation is 1. The fraction of sp³-hybridized carbons (Fsp3) is 0.214. The standard InChI is InChI=1S/C14H15ClN2OS/c1-9-5-6-19-13(9)8-17(2)14(18)11-7-10(16)3-4-12(11)15/h3-7H,8,16H2,1-2H3. The molecule has 1 amide bonds. The highest BCUT2D eigenvalue weighted by Crippen LogP contribution is 2.22. The van der Waals surface area contributed by atoms with Crippen LogP contribution in [-0.4, -0.2) is 17.9 Å². The van der Waals surface area contributed by atoms with Crippen LogP contribution >= 0.6 is 22.9 Å². The molecule has 0 fully saturated rings. The number of amides is 1. The van der Waals surface area contributed by atoms with Gasteiger partial charge in [-0.3, -0.25) is 4.79 Å². The van der Waals surface area contributed by atoms with Crippen LogP contribution in [0.5, 0.6) is 0 Å². The number of nitrogens with two attached hydrogens (primary N) is 1. The van der Waals surface area contributed by atoms with Crippen LogP contribution in [0.3, 0.4) is 0 Å². The average Bonchev–Trinajstić information content (AvgIpc) is 2.77. The Morgan fingerprint density at radius 2 is 2.16 bits per heavy atom. The van der Waals surface area contributed by atoms with Crippen molar-refractivity contribution < 1.29 is 4.79 Å². The lowest BCUT2D eigenvalue weighted by molar-refractivity contribution is 0.0786. The van der Waals surface area contributed by atoms with Crippen LogP contribution in [0, 0.1) is 6.92 Å². The first-order valence-corrected chi connectivity index (χ1v) is 7.08. The zero-order valence-corrected chi connectivity index (χ0v) is 12.4. The predicted molar refractivity (Wildman–Crippen MR) is 80.7 cm³/mol. The Kier molecular flexibility index (Phi) is 4.12. The van der Waals surface area contributed by atoms with E-state index in [1.54, 1.807) is 41.5 Å². The van der Waals surface area contributed by atoms with Gasteiger partial charge in [0, 0.05) is 17.6 Å². The molecule has 0 saturated carbocycles. The number of carbonyl (C=O) groups excluding carboxylic acids is 1. The number of thiophene rings is 1. The molecule has 0 aliphatic carbocycles. The smallest absolute Gasteiger partial charge is 0.255 e. The fourth-order valence-electron chi connectivity index (χ4n) is 1.77. The lowest BCUT2D eigenvalue weighted by Crippen LogP contribution is -2.26. The van der Waals surface area contributed by atoms with Gasteiger partial charge in [0.25, 0.3) is 5.91 Å². The van der Waals surface area contributed by atoms with Crippen molar-refractivity contribution >= 4 is 34.5 Å². The van der Waals surface area contributed by atoms with Crippen molar-refractivity contribution in [1.29, 1.82) is 0 Å². The molecule has 2 N–H and O–H groups in total. The first-order chi connectivity index (χ1) is 8.99. The topological polar surface area (TPSA) is 46.3 Å². The van der Waals surface area contributed by atoms with Gasteiger partial charge in [-0.25, -0.2) is 0 Å². The second-order valence-corrected chi connectivity index (χ2v) is 5.84. The van der Waals surface area contributed by atoms with E-state index < -0.39 is 0 Å². The minimum Gasteiger partial charge on any atom is -0.399 e. The summed E-state index contributed by atoms with van der Waals surface area (Å²) >= 11 is 7.69. The van der Waals surface area contributed by atoms with Gasteiger partial charge in [0.2, 0.25) is 0 Å². The van der Waals surface area contributed by atoms with Crippen LogP contribution < -0.4 is 5.73 Å². The van der Waals surface area contributed by atoms with E-state index in [-0.39, 0.29) is 5.91 Å². The quantitative estimate of drug-likeness (QED) is 0.880. The van der Waals surface area contributed by atoms with E-state index in [0.29, 0.717) is 22.8 Å². The van der Waals surface area contributed by atoms with Crippen LogP contribution in [0.1, 0.15) is 20.8 Å². The van der Waals surface area contributed by atoms with Crippen molar-refractivity contribution in [2.75, 3.05) is 12.8 Å². The number of hydrogen-bond acceptors (Lipinski definition) is 3. The largest absolute Gasteiger partial charge is 0.399 e. The van der Waals surface area contributed by atoms with Crippen LogP contribution in [0.4, 0.5) is 5.69 Å². The summed E-state index contributed by atoms with van der Waals surface area (Å²) in [6, 6.07) is 6.99. The molecular formula is C14H15ClN2OS. The van der Waals surface area contributed by atoms with Gasteiger partial charge >= 0.3 is 0 Å². The van der Waals surface area contributed by atoms with Gasteiger partial charge in [-0.2, -0.15) is 0 Å². The van der Waals surface area contributed by atoms with Crippen LogP contribution in [0.2, 0.25) is 5.02 Å². The molecule has 0 aliphatic heterocycles. The summed E-state index contributed by atoms with van der Waals surface area (Å²) in [5, 5.41) is 2.45. The third kappa shape index (κ3) is 3.08. The zero-order valence-electron chi connectivity index (χ0n) is 10.8. The molecule has 0 saturated heterocycles. The van der Waals surface area contributed by atoms with E-state index in [0.717, 1.165) is 0 Å². The molecule has 0 atom stereocenters. The summed E-state index contributed by atoms with van der Waals surface area (Å²) in [5.41, 5.74) is 7.87. The number of nitrogens with zero attached hydrogens (tertiary/aromatic N) is 1. The Labute approximate surface area is 121 Å². The molecular weight excluding hydrogens is 280 g/mol. The van der Waals surface area contributed by atoms with Gasteiger partial charge in [0.1, 0.15) is 0 Å². The highest BCUT2D eigenvalue weighted by atomic mass is 35.5. The summed E-state index contributed by atoms with van der Waals surface area (Å²) in [6.07, 6.45) is 0. The number of benzene rings is 1. The average molecular weight is 295 g/mol. The van der Waals surface area contributed by atoms with E-state index >= 15 is 0 Å². The maximum Gasteiger partial charge on any atom is 0.255 e. The first kappa shape index (κ1) is 13.9. The minimum absolute atomic E-state index is 0.120. The molecule has 0 spiro atoms. The summed E-state index contributed by atoms with van der Waals surface area (Å²) < 4.78 is 0. The summed E-state index contributed by atoms with van der Waals surface area (Å²) in [4.78, 5) is 15.2. The molecule has 1 heterocycles. The van der Waals surface area contributed by atoms with E-state index in [1.165, 1.54) is 10.4 Å². The van der Waals surface area contributed by atoms with Crippen LogP contribution in [0.25, 0.3) is 0 Å². The molecule has 3 nitrogen and oxygen atoms in total. The molecule has 5 heteroatoms. The van der Waals surface area contributed by atoms with Gasteiger partial charge in [0.15, 0.2) is 0 Å². The number of halogens is 1. The Hall–Kier alpha value is -1.52. The zero-order chi connectivity index (χ0) is 14.0. The molecule has 0 bridgehead atoms. The predicted octanol–water partition coefficient (Wildman–Crippen LogP) is 3.56. The van der Waals surface area contributed by atoms with Crippen molar-refractivity contribution in [1.82, 2.24) is 4.90 Å². The Bertz CT molecular complexity index is 609. The Balaban J connectivity index is 2.19. The number of rotatable bonds is 3. The maximum atomic E-state index is 12.3. The van der Waals surface area contributed by atoms with Gasteiger partial charge in [0.05, 0.1) is 17.1 Å². The highest BCUT2D eigenvalue weighted by molar-refractivity contribution is 7.10. The van der Waals surface area contributed by atoms with E-state index in [2.05, 4.69) is 0 Å². The number of hydrogen-bond donors (Lipinski definition) is 1. The van der Waals surface area contributed by atoms with Gasteiger partial charge in [-0.15, -0.1) is 11.3 Å². The van der Waals surface area contributed by atoms with E-state index in [9.17, 15) is 4.79 Å². The van der Waals surface area contributed by atoms with E-state index in [1.807, 2.05) is 18.4 Å². The van der Waals surface area contributed by atoms with Crippen LogP contribution in [0.15, 0.2) is 29.6 Å². The van der Waals surface area contributed by atoms with Crippen molar-refractivity contribution in [2.24, 2.45) is 0 Å². The first-order valence-electron chi connectivity index (χ1n) is 5.82. The molecule has 100 valence electrons. The van der Waals surface area contributed by atoms with Crippen molar-refractivity contribution in [2.45, 2.75) is 13.5 Å². The third-order valence-corrected chi connectivity index (χ3v) is 4.25. The normalized spacial score (nSPS) is 10.5. The second kappa shape index (κ2) is 5.63. The molecule has 0 aliphatic rings. The van der Waals surface area contributed by atoms with Crippen molar-refractivity contribution in [3.8, 4) is 0 Å². The number of nitrogen functional groups attached to an aromatic ring is 1. The monoisotopic (exact) mass is 294 g/mol. The number of anilines is 1. The molecule has 1 aromatic carbocycles. The molecule has 19 heavy (non-hydrogen) atoms. The van der Waals surface area contributed by atoms with E-state index in [4.69, 9.17) is 17.3 Å². The summed E-state index contributed by atoms with van der Waals surface area (Å²) in [6.45, 7) is 2.62. The molecule has 2 aromatic rings. The van der Waals surface area contributed by atoms with Crippen LogP contribution in [-0.2, 0) is 6.54 Å².